The SMILES string of the molecule is C=CC(=O)OCCCCOc1ccc(OC(=O)/C=C/c2ccc(NC(=O)C(=O)Nc3ccc(/C=C/C(=O)Sc4ccc(OCCCCOC(=O)C=C)cc4OC)cc3)cc2)c(OC)c1. The summed E-state index contributed by atoms with van der Waals surface area (Å²) in [6, 6.07) is 23.0. The average Bonchev–Trinajstić information content (AvgIpc) is 3.31. The van der Waals surface area contributed by atoms with E-state index in [1.165, 1.54) is 32.4 Å². The Morgan fingerprint density at radius 2 is 1.02 bits per heavy atom. The van der Waals surface area contributed by atoms with E-state index < -0.39 is 29.7 Å². The van der Waals surface area contributed by atoms with Gasteiger partial charge in [0, 0.05) is 41.7 Å². The Morgan fingerprint density at radius 1 is 0.547 bits per heavy atom. The van der Waals surface area contributed by atoms with E-state index in [0.29, 0.717) is 89.3 Å². The van der Waals surface area contributed by atoms with Crippen molar-refractivity contribution in [3.8, 4) is 28.7 Å². The largest absolute Gasteiger partial charge is 0.495 e. The highest BCUT2D eigenvalue weighted by atomic mass is 32.2. The Kier molecular flexibility index (Phi) is 20.5. The number of anilines is 2. The molecule has 4 aromatic rings. The second-order valence-corrected chi connectivity index (χ2v) is 14.2. The molecule has 0 aliphatic carbocycles. The lowest BCUT2D eigenvalue weighted by Gasteiger charge is -2.11. The molecule has 64 heavy (non-hydrogen) atoms. The Balaban J connectivity index is 1.18. The molecule has 0 radical (unpaired) electrons. The van der Waals surface area contributed by atoms with Crippen molar-refractivity contribution in [1.29, 1.82) is 0 Å². The third kappa shape index (κ3) is 17.4. The number of hydrogen-bond donors (Lipinski definition) is 2. The van der Waals surface area contributed by atoms with Gasteiger partial charge in [-0.15, -0.1) is 0 Å². The molecule has 4 aromatic carbocycles. The first kappa shape index (κ1) is 49.1. The van der Waals surface area contributed by atoms with Crippen molar-refractivity contribution in [3.63, 3.8) is 0 Å². The van der Waals surface area contributed by atoms with Gasteiger partial charge in [0.25, 0.3) is 0 Å². The van der Waals surface area contributed by atoms with Crippen LogP contribution in [-0.4, -0.2) is 75.5 Å². The van der Waals surface area contributed by atoms with Gasteiger partial charge < -0.3 is 43.8 Å². The van der Waals surface area contributed by atoms with Crippen LogP contribution in [0.5, 0.6) is 28.7 Å². The third-order valence-corrected chi connectivity index (χ3v) is 9.39. The zero-order chi connectivity index (χ0) is 46.1. The Morgan fingerprint density at radius 3 is 1.52 bits per heavy atom. The first-order valence-corrected chi connectivity index (χ1v) is 20.6. The summed E-state index contributed by atoms with van der Waals surface area (Å²) in [6.07, 6.45) is 10.6. The second-order valence-electron chi connectivity index (χ2n) is 13.1. The predicted octanol–water partition coefficient (Wildman–Crippen LogP) is 8.01. The molecule has 2 amide bonds. The van der Waals surface area contributed by atoms with E-state index in [1.54, 1.807) is 91.0 Å². The first-order valence-electron chi connectivity index (χ1n) is 19.8. The fourth-order valence-corrected chi connectivity index (χ4v) is 5.97. The number of unbranched alkanes of at least 4 members (excludes halogenated alkanes) is 2. The summed E-state index contributed by atoms with van der Waals surface area (Å²) in [6.45, 7) is 8.04. The molecule has 0 fully saturated rings. The quantitative estimate of drug-likeness (QED) is 0.0172. The molecule has 4 rings (SSSR count). The highest BCUT2D eigenvalue weighted by molar-refractivity contribution is 8.14. The van der Waals surface area contributed by atoms with Crippen molar-refractivity contribution in [1.82, 2.24) is 0 Å². The number of thioether (sulfide) groups is 1. The lowest BCUT2D eigenvalue weighted by atomic mass is 10.2. The second kappa shape index (κ2) is 26.7. The van der Waals surface area contributed by atoms with E-state index in [2.05, 4.69) is 23.8 Å². The fourth-order valence-electron chi connectivity index (χ4n) is 5.24. The minimum absolute atomic E-state index is 0.191. The number of hydrogen-bond acceptors (Lipinski definition) is 14. The van der Waals surface area contributed by atoms with Gasteiger partial charge in [-0.1, -0.05) is 43.5 Å². The molecule has 0 spiro atoms. The summed E-state index contributed by atoms with van der Waals surface area (Å²) in [5, 5.41) is 4.83. The Bertz CT molecular complexity index is 2160. The molecule has 0 saturated heterocycles. The molecule has 0 aliphatic heterocycles. The summed E-state index contributed by atoms with van der Waals surface area (Å²) in [4.78, 5) is 73.4. The van der Waals surface area contributed by atoms with Crippen molar-refractivity contribution >= 4 is 70.1 Å². The Hall–Kier alpha value is -7.59. The lowest BCUT2D eigenvalue weighted by Crippen LogP contribution is -2.29. The van der Waals surface area contributed by atoms with Crippen molar-refractivity contribution in [2.45, 2.75) is 30.6 Å². The zero-order valence-corrected chi connectivity index (χ0v) is 36.2. The van der Waals surface area contributed by atoms with Crippen LogP contribution in [0.4, 0.5) is 11.4 Å². The van der Waals surface area contributed by atoms with Gasteiger partial charge in [-0.3, -0.25) is 14.4 Å². The van der Waals surface area contributed by atoms with Gasteiger partial charge in [-0.05, 0) is 109 Å². The molecule has 0 bridgehead atoms. The molecule has 16 heteroatoms. The van der Waals surface area contributed by atoms with Gasteiger partial charge in [0.1, 0.15) is 17.2 Å². The van der Waals surface area contributed by atoms with Gasteiger partial charge >= 0.3 is 29.7 Å². The van der Waals surface area contributed by atoms with E-state index in [9.17, 15) is 28.8 Å². The van der Waals surface area contributed by atoms with Crippen LogP contribution < -0.4 is 34.3 Å². The standard InChI is InChI=1S/C48H48N2O13S/c1-5-43(51)61-29-9-7-27-59-37-21-23-39(40(31-37)57-3)63-45(53)25-15-33-11-17-35(18-12-33)49-47(55)48(56)50-36-19-13-34(14-20-36)16-26-46(54)64-42-24-22-38(32-41(42)58-4)60-28-8-10-30-62-44(52)6-2/h5-6,11-26,31-32H,1-2,7-10,27-30H2,3-4H3,(H,49,55)(H,50,56)/b25-15+,26-16+. The maximum atomic E-state index is 12.8. The molecule has 0 saturated carbocycles. The fraction of sp³-hybridized carbons (Fsp3) is 0.208. The van der Waals surface area contributed by atoms with Crippen LogP contribution >= 0.6 is 11.8 Å². The Labute approximate surface area is 375 Å². The minimum Gasteiger partial charge on any atom is -0.495 e. The number of carbonyl (C=O) groups excluding carboxylic acids is 6. The smallest absolute Gasteiger partial charge is 0.336 e. The van der Waals surface area contributed by atoms with Crippen molar-refractivity contribution < 1.29 is 61.9 Å². The highest BCUT2D eigenvalue weighted by Gasteiger charge is 2.15. The minimum atomic E-state index is -0.894. The predicted molar refractivity (Wildman–Crippen MR) is 242 cm³/mol. The molecule has 0 aromatic heterocycles. The molecule has 334 valence electrons. The molecule has 0 heterocycles. The van der Waals surface area contributed by atoms with Crippen LogP contribution in [0.2, 0.25) is 0 Å². The van der Waals surface area contributed by atoms with Gasteiger partial charge in [0.2, 0.25) is 5.12 Å². The van der Waals surface area contributed by atoms with E-state index in [1.807, 2.05) is 0 Å². The van der Waals surface area contributed by atoms with Gasteiger partial charge in [0.15, 0.2) is 11.5 Å². The van der Waals surface area contributed by atoms with Gasteiger partial charge in [-0.25, -0.2) is 14.4 Å². The van der Waals surface area contributed by atoms with E-state index in [0.717, 1.165) is 23.9 Å². The molecule has 0 aliphatic rings. The summed E-state index contributed by atoms with van der Waals surface area (Å²) >= 11 is 0.985. The van der Waals surface area contributed by atoms with Crippen LogP contribution in [0, 0.1) is 0 Å². The number of amides is 2. The molecule has 0 unspecified atom stereocenters. The lowest BCUT2D eigenvalue weighted by molar-refractivity contribution is -0.138. The zero-order valence-electron chi connectivity index (χ0n) is 35.3. The molecular weight excluding hydrogens is 845 g/mol. The number of rotatable bonds is 24. The normalized spacial score (nSPS) is 10.7. The monoisotopic (exact) mass is 892 g/mol. The van der Waals surface area contributed by atoms with E-state index >= 15 is 0 Å². The van der Waals surface area contributed by atoms with Crippen LogP contribution in [0.25, 0.3) is 12.2 Å². The first-order chi connectivity index (χ1) is 31.0. The molecule has 0 atom stereocenters. The summed E-state index contributed by atoms with van der Waals surface area (Å²) in [5.41, 5.74) is 2.03. The number of benzene rings is 4. The van der Waals surface area contributed by atoms with E-state index in [-0.39, 0.29) is 24.1 Å². The number of ether oxygens (including phenoxy) is 7. The average molecular weight is 893 g/mol. The van der Waals surface area contributed by atoms with Crippen molar-refractivity contribution in [2.75, 3.05) is 51.3 Å². The van der Waals surface area contributed by atoms with Crippen LogP contribution in [0.15, 0.2) is 127 Å². The van der Waals surface area contributed by atoms with Crippen molar-refractivity contribution in [3.05, 3.63) is 134 Å². The third-order valence-electron chi connectivity index (χ3n) is 8.50. The number of esters is 3. The van der Waals surface area contributed by atoms with Crippen LogP contribution in [0.3, 0.4) is 0 Å². The maximum Gasteiger partial charge on any atom is 0.336 e. The van der Waals surface area contributed by atoms with Gasteiger partial charge in [0.05, 0.1) is 45.5 Å². The maximum absolute atomic E-state index is 12.8. The van der Waals surface area contributed by atoms with Gasteiger partial charge in [-0.2, -0.15) is 0 Å². The molecule has 2 N–H and O–H groups in total. The number of carbonyl (C=O) groups is 6. The highest BCUT2D eigenvalue weighted by Crippen LogP contribution is 2.34. The number of nitrogens with one attached hydrogen (secondary N) is 2. The molecular formula is C48H48N2O13S. The number of methoxy groups -OCH3 is 2. The van der Waals surface area contributed by atoms with Crippen molar-refractivity contribution in [2.24, 2.45) is 0 Å². The van der Waals surface area contributed by atoms with E-state index in [4.69, 9.17) is 33.2 Å². The topological polar surface area (TPSA) is 191 Å². The van der Waals surface area contributed by atoms with Crippen LogP contribution in [-0.2, 0) is 38.2 Å². The molecule has 15 nitrogen and oxygen atoms in total. The van der Waals surface area contributed by atoms with Crippen LogP contribution in [0.1, 0.15) is 36.8 Å². The summed E-state index contributed by atoms with van der Waals surface area (Å²) < 4.78 is 37.6. The summed E-state index contributed by atoms with van der Waals surface area (Å²) in [7, 11) is 2.94. The summed E-state index contributed by atoms with van der Waals surface area (Å²) in [5.74, 6) is -1.34.